The van der Waals surface area contributed by atoms with Gasteiger partial charge in [0, 0.05) is 18.7 Å². The van der Waals surface area contributed by atoms with Crippen molar-refractivity contribution in [2.45, 2.75) is 50.9 Å². The summed E-state index contributed by atoms with van der Waals surface area (Å²) in [6.45, 7) is 0.163. The smallest absolute Gasteiger partial charge is 0.247 e. The van der Waals surface area contributed by atoms with Crippen molar-refractivity contribution in [3.05, 3.63) is 83.9 Å². The fourth-order valence-corrected chi connectivity index (χ4v) is 5.17. The summed E-state index contributed by atoms with van der Waals surface area (Å²) in [4.78, 5) is 29.8. The molecule has 39 heavy (non-hydrogen) atoms. The van der Waals surface area contributed by atoms with Crippen LogP contribution in [0.2, 0.25) is 0 Å². The SMILES string of the molecule is COc1cc(OC)cc(C(C(=O)NC2CCCC2)N(Cc2ccccc2)C(=O)Cn2nnc3ccccc32)c1. The third-order valence-electron chi connectivity index (χ3n) is 7.17. The molecule has 2 amide bonds. The second-order valence-corrected chi connectivity index (χ2v) is 9.78. The van der Waals surface area contributed by atoms with Gasteiger partial charge in [0.25, 0.3) is 0 Å². The molecule has 4 aromatic rings. The Balaban J connectivity index is 1.57. The maximum absolute atomic E-state index is 14.1. The van der Waals surface area contributed by atoms with Gasteiger partial charge >= 0.3 is 0 Å². The van der Waals surface area contributed by atoms with Crippen LogP contribution in [-0.4, -0.2) is 52.0 Å². The summed E-state index contributed by atoms with van der Waals surface area (Å²) >= 11 is 0. The molecule has 0 bridgehead atoms. The first kappa shape index (κ1) is 26.2. The summed E-state index contributed by atoms with van der Waals surface area (Å²) in [5.74, 6) is 0.586. The first-order valence-electron chi connectivity index (χ1n) is 13.2. The van der Waals surface area contributed by atoms with E-state index in [1.807, 2.05) is 54.6 Å². The van der Waals surface area contributed by atoms with Gasteiger partial charge in [-0.1, -0.05) is 60.5 Å². The number of para-hydroxylation sites is 1. The van der Waals surface area contributed by atoms with Gasteiger partial charge in [-0.2, -0.15) is 0 Å². The standard InChI is InChI=1S/C30H33N5O4/c1-38-24-16-22(17-25(18-24)39-2)29(30(37)31-23-12-6-7-13-23)34(19-21-10-4-3-5-11-21)28(36)20-35-27-15-9-8-14-26(27)32-33-35/h3-5,8-11,14-18,23,29H,6-7,12-13,19-20H2,1-2H3,(H,31,37). The Kier molecular flexibility index (Phi) is 8.05. The van der Waals surface area contributed by atoms with Crippen molar-refractivity contribution in [3.63, 3.8) is 0 Å². The molecule has 9 heteroatoms. The zero-order valence-electron chi connectivity index (χ0n) is 22.2. The van der Waals surface area contributed by atoms with Crippen LogP contribution in [-0.2, 0) is 22.7 Å². The normalized spacial score (nSPS) is 14.2. The molecule has 0 aliphatic heterocycles. The third kappa shape index (κ3) is 6.03. The van der Waals surface area contributed by atoms with Crippen molar-refractivity contribution >= 4 is 22.8 Å². The molecule has 1 aliphatic rings. The second-order valence-electron chi connectivity index (χ2n) is 9.78. The highest BCUT2D eigenvalue weighted by molar-refractivity contribution is 5.89. The highest BCUT2D eigenvalue weighted by atomic mass is 16.5. The monoisotopic (exact) mass is 527 g/mol. The lowest BCUT2D eigenvalue weighted by Gasteiger charge is -2.33. The van der Waals surface area contributed by atoms with E-state index in [1.165, 1.54) is 0 Å². The van der Waals surface area contributed by atoms with Gasteiger partial charge in [-0.05, 0) is 48.2 Å². The minimum atomic E-state index is -0.919. The average Bonchev–Trinajstić information content (AvgIpc) is 3.63. The molecule has 1 aromatic heterocycles. The molecule has 0 radical (unpaired) electrons. The van der Waals surface area contributed by atoms with Crippen molar-refractivity contribution < 1.29 is 19.1 Å². The Bertz CT molecular complexity index is 1410. The van der Waals surface area contributed by atoms with E-state index in [-0.39, 0.29) is 30.9 Å². The maximum atomic E-state index is 14.1. The van der Waals surface area contributed by atoms with Crippen LogP contribution < -0.4 is 14.8 Å². The molecule has 1 unspecified atom stereocenters. The molecule has 0 spiro atoms. The maximum Gasteiger partial charge on any atom is 0.247 e. The molecule has 1 atom stereocenters. The van der Waals surface area contributed by atoms with Crippen molar-refractivity contribution in [2.75, 3.05) is 14.2 Å². The topological polar surface area (TPSA) is 98.6 Å². The Morgan fingerprint density at radius 1 is 0.974 bits per heavy atom. The molecule has 202 valence electrons. The summed E-state index contributed by atoms with van der Waals surface area (Å²) in [5.41, 5.74) is 2.96. The Morgan fingerprint density at radius 2 is 1.64 bits per heavy atom. The van der Waals surface area contributed by atoms with E-state index in [0.29, 0.717) is 22.6 Å². The Labute approximate surface area is 227 Å². The lowest BCUT2D eigenvalue weighted by atomic mass is 10.0. The van der Waals surface area contributed by atoms with E-state index in [2.05, 4.69) is 15.6 Å². The van der Waals surface area contributed by atoms with Crippen molar-refractivity contribution in [3.8, 4) is 11.5 Å². The first-order chi connectivity index (χ1) is 19.1. The molecule has 3 aromatic carbocycles. The number of hydrogen-bond donors (Lipinski definition) is 1. The number of benzene rings is 3. The molecule has 1 fully saturated rings. The van der Waals surface area contributed by atoms with Gasteiger partial charge < -0.3 is 19.7 Å². The van der Waals surface area contributed by atoms with E-state index in [0.717, 1.165) is 36.8 Å². The molecule has 0 saturated heterocycles. The average molecular weight is 528 g/mol. The van der Waals surface area contributed by atoms with Crippen LogP contribution in [0.5, 0.6) is 11.5 Å². The number of aromatic nitrogens is 3. The highest BCUT2D eigenvalue weighted by Gasteiger charge is 2.34. The Morgan fingerprint density at radius 3 is 2.33 bits per heavy atom. The van der Waals surface area contributed by atoms with Gasteiger partial charge in [0.1, 0.15) is 29.6 Å². The van der Waals surface area contributed by atoms with E-state index in [4.69, 9.17) is 9.47 Å². The molecule has 1 heterocycles. The van der Waals surface area contributed by atoms with Crippen LogP contribution in [0.25, 0.3) is 11.0 Å². The van der Waals surface area contributed by atoms with Crippen LogP contribution >= 0.6 is 0 Å². The molecule has 1 saturated carbocycles. The first-order valence-corrected chi connectivity index (χ1v) is 13.2. The van der Waals surface area contributed by atoms with E-state index < -0.39 is 6.04 Å². The number of carbonyl (C=O) groups is 2. The number of ether oxygens (including phenoxy) is 2. The van der Waals surface area contributed by atoms with Crippen molar-refractivity contribution in [2.24, 2.45) is 0 Å². The minimum Gasteiger partial charge on any atom is -0.497 e. The zero-order valence-corrected chi connectivity index (χ0v) is 22.2. The van der Waals surface area contributed by atoms with Crippen molar-refractivity contribution in [1.29, 1.82) is 0 Å². The lowest BCUT2D eigenvalue weighted by molar-refractivity contribution is -0.142. The van der Waals surface area contributed by atoms with E-state index in [9.17, 15) is 9.59 Å². The van der Waals surface area contributed by atoms with Crippen LogP contribution in [0.4, 0.5) is 0 Å². The summed E-state index contributed by atoms with van der Waals surface area (Å²) < 4.78 is 12.6. The van der Waals surface area contributed by atoms with Crippen LogP contribution in [0.1, 0.15) is 42.9 Å². The van der Waals surface area contributed by atoms with Gasteiger partial charge in [-0.25, -0.2) is 4.68 Å². The predicted molar refractivity (Wildman–Crippen MR) is 147 cm³/mol. The summed E-state index contributed by atoms with van der Waals surface area (Å²) in [7, 11) is 3.13. The molecular formula is C30H33N5O4. The van der Waals surface area contributed by atoms with Gasteiger partial charge in [0.2, 0.25) is 11.8 Å². The number of rotatable bonds is 10. The summed E-state index contributed by atoms with van der Waals surface area (Å²) in [6.07, 6.45) is 4.01. The number of nitrogens with zero attached hydrogens (tertiary/aromatic N) is 4. The molecule has 9 nitrogen and oxygen atoms in total. The largest absolute Gasteiger partial charge is 0.497 e. The highest BCUT2D eigenvalue weighted by Crippen LogP contribution is 2.32. The Hall–Kier alpha value is -4.40. The lowest BCUT2D eigenvalue weighted by Crippen LogP contribution is -2.46. The van der Waals surface area contributed by atoms with Gasteiger partial charge in [-0.15, -0.1) is 5.10 Å². The quantitative estimate of drug-likeness (QED) is 0.331. The molecular weight excluding hydrogens is 494 g/mol. The van der Waals surface area contributed by atoms with Crippen LogP contribution in [0.15, 0.2) is 72.8 Å². The molecule has 1 aliphatic carbocycles. The fraction of sp³-hybridized carbons (Fsp3) is 0.333. The third-order valence-corrected chi connectivity index (χ3v) is 7.17. The van der Waals surface area contributed by atoms with E-state index in [1.54, 1.807) is 42.0 Å². The van der Waals surface area contributed by atoms with Crippen molar-refractivity contribution in [1.82, 2.24) is 25.2 Å². The molecule has 5 rings (SSSR count). The number of hydrogen-bond acceptors (Lipinski definition) is 6. The number of fused-ring (bicyclic) bond motifs is 1. The minimum absolute atomic E-state index is 0.0678. The molecule has 1 N–H and O–H groups in total. The van der Waals surface area contributed by atoms with E-state index >= 15 is 0 Å². The number of methoxy groups -OCH3 is 2. The van der Waals surface area contributed by atoms with Gasteiger partial charge in [0.05, 0.1) is 19.7 Å². The zero-order chi connectivity index (χ0) is 27.2. The number of carbonyl (C=O) groups excluding carboxylic acids is 2. The number of nitrogens with one attached hydrogen (secondary N) is 1. The second kappa shape index (κ2) is 12.0. The summed E-state index contributed by atoms with van der Waals surface area (Å²) in [6, 6.07) is 21.6. The van der Waals surface area contributed by atoms with Crippen LogP contribution in [0.3, 0.4) is 0 Å². The van der Waals surface area contributed by atoms with Gasteiger partial charge in [-0.3, -0.25) is 9.59 Å². The summed E-state index contributed by atoms with van der Waals surface area (Å²) in [5, 5.41) is 11.6. The van der Waals surface area contributed by atoms with Crippen LogP contribution in [0, 0.1) is 0 Å². The number of amides is 2. The van der Waals surface area contributed by atoms with Gasteiger partial charge in [0.15, 0.2) is 0 Å². The predicted octanol–water partition coefficient (Wildman–Crippen LogP) is 4.28. The fourth-order valence-electron chi connectivity index (χ4n) is 5.17.